The zero-order valence-corrected chi connectivity index (χ0v) is 11.5. The molecule has 0 amide bonds. The van der Waals surface area contributed by atoms with Crippen molar-refractivity contribution >= 4 is 16.0 Å². The number of aryl methyl sites for hydroxylation is 1. The van der Waals surface area contributed by atoms with E-state index in [0.717, 1.165) is 0 Å². The molecule has 0 radical (unpaired) electrons. The summed E-state index contributed by atoms with van der Waals surface area (Å²) in [6.45, 7) is 6.38. The topological polar surface area (TPSA) is 91.4 Å². The molecule has 1 aromatic rings. The van der Waals surface area contributed by atoms with Gasteiger partial charge >= 0.3 is 5.97 Å². The average Bonchev–Trinajstić information content (AvgIpc) is 2.69. The Labute approximate surface area is 107 Å². The smallest absolute Gasteiger partial charge is 0.354 e. The predicted octanol–water partition coefficient (Wildman–Crippen LogP) is 0.968. The van der Waals surface area contributed by atoms with Crippen molar-refractivity contribution in [1.29, 1.82) is 0 Å². The van der Waals surface area contributed by atoms with Gasteiger partial charge in [0.2, 0.25) is 10.0 Å². The molecular formula is C11H18N2O4S. The van der Waals surface area contributed by atoms with E-state index in [1.54, 1.807) is 6.92 Å². The van der Waals surface area contributed by atoms with Crippen molar-refractivity contribution in [2.24, 2.45) is 11.1 Å². The quantitative estimate of drug-likeness (QED) is 0.810. The zero-order chi connectivity index (χ0) is 13.9. The van der Waals surface area contributed by atoms with Crippen LogP contribution in [0.4, 0.5) is 0 Å². The summed E-state index contributed by atoms with van der Waals surface area (Å²) < 4.78 is 29.0. The highest BCUT2D eigenvalue weighted by Crippen LogP contribution is 2.14. The van der Waals surface area contributed by atoms with Crippen molar-refractivity contribution < 1.29 is 17.9 Å². The van der Waals surface area contributed by atoms with Crippen LogP contribution in [0.1, 0.15) is 31.3 Å². The molecule has 0 atom stereocenters. The van der Waals surface area contributed by atoms with Crippen LogP contribution in [-0.4, -0.2) is 25.6 Å². The number of hydrogen-bond donors (Lipinski definition) is 1. The Morgan fingerprint density at radius 3 is 2.56 bits per heavy atom. The Morgan fingerprint density at radius 2 is 2.11 bits per heavy atom. The van der Waals surface area contributed by atoms with Crippen LogP contribution in [0.2, 0.25) is 0 Å². The molecule has 6 nitrogen and oxygen atoms in total. The SMILES string of the molecule is CCn1cc(S(N)(=O)=O)cc1C(=O)OCC(C)C. The monoisotopic (exact) mass is 274 g/mol. The lowest BCUT2D eigenvalue weighted by molar-refractivity contribution is 0.0446. The Bertz CT molecular complexity index is 531. The number of aromatic nitrogens is 1. The molecule has 1 aromatic heterocycles. The number of ether oxygens (including phenoxy) is 1. The molecule has 0 spiro atoms. The van der Waals surface area contributed by atoms with Gasteiger partial charge in [0.15, 0.2) is 0 Å². The third-order valence-corrected chi connectivity index (χ3v) is 3.18. The molecule has 102 valence electrons. The molecular weight excluding hydrogens is 256 g/mol. The molecule has 0 saturated heterocycles. The van der Waals surface area contributed by atoms with E-state index in [4.69, 9.17) is 9.88 Å². The minimum atomic E-state index is -3.81. The van der Waals surface area contributed by atoms with Gasteiger partial charge < -0.3 is 9.30 Å². The molecule has 0 bridgehead atoms. The fourth-order valence-corrected chi connectivity index (χ4v) is 1.94. The van der Waals surface area contributed by atoms with E-state index in [1.807, 2.05) is 13.8 Å². The van der Waals surface area contributed by atoms with Gasteiger partial charge in [0.1, 0.15) is 10.6 Å². The fraction of sp³-hybridized carbons (Fsp3) is 0.545. The summed E-state index contributed by atoms with van der Waals surface area (Å²) in [5, 5.41) is 5.02. The molecule has 0 saturated carbocycles. The van der Waals surface area contributed by atoms with Crippen LogP contribution in [0.25, 0.3) is 0 Å². The van der Waals surface area contributed by atoms with E-state index in [9.17, 15) is 13.2 Å². The lowest BCUT2D eigenvalue weighted by atomic mass is 10.2. The van der Waals surface area contributed by atoms with Gasteiger partial charge in [-0.25, -0.2) is 18.4 Å². The van der Waals surface area contributed by atoms with Gasteiger partial charge in [-0.15, -0.1) is 0 Å². The van der Waals surface area contributed by atoms with E-state index in [0.29, 0.717) is 13.2 Å². The Kier molecular flexibility index (Phi) is 4.53. The highest BCUT2D eigenvalue weighted by molar-refractivity contribution is 7.89. The number of carbonyl (C=O) groups is 1. The summed E-state index contributed by atoms with van der Waals surface area (Å²) in [5.74, 6) is -0.322. The van der Waals surface area contributed by atoms with Crippen LogP contribution in [0.3, 0.4) is 0 Å². The van der Waals surface area contributed by atoms with E-state index in [1.165, 1.54) is 16.8 Å². The molecule has 18 heavy (non-hydrogen) atoms. The van der Waals surface area contributed by atoms with E-state index in [2.05, 4.69) is 0 Å². The molecule has 1 rings (SSSR count). The van der Waals surface area contributed by atoms with Gasteiger partial charge in [-0.3, -0.25) is 0 Å². The summed E-state index contributed by atoms with van der Waals surface area (Å²) >= 11 is 0. The number of sulfonamides is 1. The molecule has 0 aliphatic carbocycles. The molecule has 1 heterocycles. The summed E-state index contributed by atoms with van der Waals surface area (Å²) in [4.78, 5) is 11.7. The fourth-order valence-electron chi connectivity index (χ4n) is 1.39. The number of rotatable bonds is 5. The van der Waals surface area contributed by atoms with E-state index >= 15 is 0 Å². The number of esters is 1. The van der Waals surface area contributed by atoms with Gasteiger partial charge in [-0.2, -0.15) is 0 Å². The lowest BCUT2D eigenvalue weighted by Crippen LogP contribution is -2.14. The summed E-state index contributed by atoms with van der Waals surface area (Å²) in [6, 6.07) is 1.24. The minimum absolute atomic E-state index is 0.0825. The molecule has 0 unspecified atom stereocenters. The largest absolute Gasteiger partial charge is 0.461 e. The molecule has 0 aliphatic rings. The van der Waals surface area contributed by atoms with Crippen LogP contribution < -0.4 is 5.14 Å². The summed E-state index contributed by atoms with van der Waals surface area (Å²) in [7, 11) is -3.81. The summed E-state index contributed by atoms with van der Waals surface area (Å²) in [6.07, 6.45) is 1.33. The third kappa shape index (κ3) is 3.58. The molecule has 0 aliphatic heterocycles. The standard InChI is InChI=1S/C11H18N2O4S/c1-4-13-6-9(18(12,15)16)5-10(13)11(14)17-7-8(2)3/h5-6,8H,4,7H2,1-3H3,(H2,12,15,16). The number of primary sulfonamides is 1. The van der Waals surface area contributed by atoms with Crippen LogP contribution >= 0.6 is 0 Å². The first-order chi connectivity index (χ1) is 8.25. The second-order valence-corrected chi connectivity index (χ2v) is 5.95. The second kappa shape index (κ2) is 5.53. The van der Waals surface area contributed by atoms with Gasteiger partial charge in [0.05, 0.1) is 6.61 Å². The van der Waals surface area contributed by atoms with Gasteiger partial charge in [0.25, 0.3) is 0 Å². The van der Waals surface area contributed by atoms with Crippen LogP contribution in [-0.2, 0) is 21.3 Å². The van der Waals surface area contributed by atoms with Gasteiger partial charge in [-0.1, -0.05) is 13.8 Å². The van der Waals surface area contributed by atoms with Crippen LogP contribution in [0.15, 0.2) is 17.2 Å². The van der Waals surface area contributed by atoms with Crippen molar-refractivity contribution in [2.45, 2.75) is 32.2 Å². The number of carbonyl (C=O) groups excluding carboxylic acids is 1. The Balaban J connectivity index is 3.01. The first kappa shape index (κ1) is 14.7. The first-order valence-corrected chi connectivity index (χ1v) is 7.20. The van der Waals surface area contributed by atoms with Crippen molar-refractivity contribution in [3.8, 4) is 0 Å². The number of hydrogen-bond acceptors (Lipinski definition) is 4. The average molecular weight is 274 g/mol. The molecule has 0 fully saturated rings. The van der Waals surface area contributed by atoms with Crippen molar-refractivity contribution in [3.05, 3.63) is 18.0 Å². The van der Waals surface area contributed by atoms with E-state index in [-0.39, 0.29) is 16.5 Å². The highest BCUT2D eigenvalue weighted by Gasteiger charge is 2.19. The highest BCUT2D eigenvalue weighted by atomic mass is 32.2. The predicted molar refractivity (Wildman–Crippen MR) is 66.6 cm³/mol. The molecule has 2 N–H and O–H groups in total. The number of nitrogens with zero attached hydrogens (tertiary/aromatic N) is 1. The van der Waals surface area contributed by atoms with Gasteiger partial charge in [-0.05, 0) is 18.9 Å². The van der Waals surface area contributed by atoms with E-state index < -0.39 is 16.0 Å². The Hall–Kier alpha value is -1.34. The van der Waals surface area contributed by atoms with Gasteiger partial charge in [0, 0.05) is 12.7 Å². The lowest BCUT2D eigenvalue weighted by Gasteiger charge is -2.08. The van der Waals surface area contributed by atoms with Crippen LogP contribution in [0, 0.1) is 5.92 Å². The maximum absolute atomic E-state index is 11.8. The number of nitrogens with two attached hydrogens (primary N) is 1. The maximum atomic E-state index is 11.8. The normalized spacial score (nSPS) is 11.8. The maximum Gasteiger partial charge on any atom is 0.354 e. The molecule has 0 aromatic carbocycles. The third-order valence-electron chi connectivity index (χ3n) is 2.30. The second-order valence-electron chi connectivity index (χ2n) is 4.38. The Morgan fingerprint density at radius 1 is 1.50 bits per heavy atom. The minimum Gasteiger partial charge on any atom is -0.461 e. The summed E-state index contributed by atoms with van der Waals surface area (Å²) in [5.41, 5.74) is 0.196. The molecule has 7 heteroatoms. The zero-order valence-electron chi connectivity index (χ0n) is 10.7. The van der Waals surface area contributed by atoms with Crippen LogP contribution in [0.5, 0.6) is 0 Å². The van der Waals surface area contributed by atoms with Crippen molar-refractivity contribution in [3.63, 3.8) is 0 Å². The van der Waals surface area contributed by atoms with Crippen molar-refractivity contribution in [1.82, 2.24) is 4.57 Å². The van der Waals surface area contributed by atoms with Crippen molar-refractivity contribution in [2.75, 3.05) is 6.61 Å². The first-order valence-electron chi connectivity index (χ1n) is 5.65.